The molecule has 1 atom stereocenters. The number of rotatable bonds is 7. The summed E-state index contributed by atoms with van der Waals surface area (Å²) in [5.41, 5.74) is 4.44. The summed E-state index contributed by atoms with van der Waals surface area (Å²) in [6.07, 6.45) is 0.773. The van der Waals surface area contributed by atoms with Crippen molar-refractivity contribution in [2.45, 2.75) is 37.4 Å². The van der Waals surface area contributed by atoms with Gasteiger partial charge in [-0.1, -0.05) is 36.8 Å². The van der Waals surface area contributed by atoms with Gasteiger partial charge in [-0.3, -0.25) is 9.10 Å². The largest absolute Gasteiger partial charge is 0.345 e. The van der Waals surface area contributed by atoms with Crippen molar-refractivity contribution in [3.05, 3.63) is 82.2 Å². The Hall–Kier alpha value is -2.64. The fourth-order valence-electron chi connectivity index (χ4n) is 3.36. The Morgan fingerprint density at radius 3 is 2.37 bits per heavy atom. The Bertz CT molecular complexity index is 1120. The summed E-state index contributed by atoms with van der Waals surface area (Å²) in [4.78, 5) is 12.8. The van der Waals surface area contributed by atoms with E-state index in [2.05, 4.69) is 30.4 Å². The van der Waals surface area contributed by atoms with Gasteiger partial charge in [-0.05, 0) is 67.1 Å². The second-order valence-electron chi connectivity index (χ2n) is 7.25. The van der Waals surface area contributed by atoms with Crippen LogP contribution < -0.4 is 9.62 Å². The molecular weight excluding hydrogens is 416 g/mol. The summed E-state index contributed by atoms with van der Waals surface area (Å²) in [6, 6.07) is 16.0. The first-order valence-corrected chi connectivity index (χ1v) is 12.1. The second-order valence-corrected chi connectivity index (χ2v) is 10.4. The zero-order valence-corrected chi connectivity index (χ0v) is 19.2. The molecular formula is C23H26N2O3S2. The van der Waals surface area contributed by atoms with E-state index in [9.17, 15) is 13.2 Å². The standard InChI is InChI=1S/C23H26N2O3S2/c1-5-21(20-13-8-16(2)15-17(20)3)24-23(26)18-9-11-19(12-10-18)25(4)30(27,28)22-7-6-14-29-22/h6-15,21H,5H2,1-4H3,(H,24,26). The quantitative estimate of drug-likeness (QED) is 0.555. The van der Waals surface area contributed by atoms with Crippen molar-refractivity contribution in [1.29, 1.82) is 0 Å². The van der Waals surface area contributed by atoms with E-state index in [1.165, 1.54) is 28.3 Å². The first-order valence-electron chi connectivity index (χ1n) is 9.74. The number of anilines is 1. The molecule has 1 N–H and O–H groups in total. The number of nitrogens with one attached hydrogen (secondary N) is 1. The third kappa shape index (κ3) is 4.57. The van der Waals surface area contributed by atoms with Crippen molar-refractivity contribution in [3.8, 4) is 0 Å². The van der Waals surface area contributed by atoms with Gasteiger partial charge < -0.3 is 5.32 Å². The lowest BCUT2D eigenvalue weighted by Crippen LogP contribution is -2.29. The SMILES string of the molecule is CCC(NC(=O)c1ccc(N(C)S(=O)(=O)c2cccs2)cc1)c1ccc(C)cc1C. The van der Waals surface area contributed by atoms with Crippen molar-refractivity contribution >= 4 is 33.0 Å². The number of nitrogens with zero attached hydrogens (tertiary/aromatic N) is 1. The average Bonchev–Trinajstić information content (AvgIpc) is 3.27. The number of carbonyl (C=O) groups excluding carboxylic acids is 1. The summed E-state index contributed by atoms with van der Waals surface area (Å²) >= 11 is 1.18. The van der Waals surface area contributed by atoms with Gasteiger partial charge >= 0.3 is 0 Å². The third-order valence-corrected chi connectivity index (χ3v) is 8.28. The maximum Gasteiger partial charge on any atom is 0.273 e. The van der Waals surface area contributed by atoms with Gasteiger partial charge in [-0.25, -0.2) is 8.42 Å². The van der Waals surface area contributed by atoms with Crippen LogP contribution in [0.4, 0.5) is 5.69 Å². The Morgan fingerprint density at radius 2 is 1.80 bits per heavy atom. The number of hydrogen-bond donors (Lipinski definition) is 1. The van der Waals surface area contributed by atoms with Crippen LogP contribution in [-0.2, 0) is 10.0 Å². The summed E-state index contributed by atoms with van der Waals surface area (Å²) in [5.74, 6) is -0.183. The maximum atomic E-state index is 12.8. The molecule has 0 saturated heterocycles. The van der Waals surface area contributed by atoms with E-state index in [1.807, 2.05) is 13.8 Å². The molecule has 3 rings (SSSR count). The summed E-state index contributed by atoms with van der Waals surface area (Å²) in [5, 5.41) is 4.82. The van der Waals surface area contributed by atoms with Gasteiger partial charge in [0.1, 0.15) is 4.21 Å². The summed E-state index contributed by atoms with van der Waals surface area (Å²) in [7, 11) is -2.09. The van der Waals surface area contributed by atoms with Crippen molar-refractivity contribution < 1.29 is 13.2 Å². The molecule has 1 amide bonds. The smallest absolute Gasteiger partial charge is 0.273 e. The minimum absolute atomic E-state index is 0.0837. The maximum absolute atomic E-state index is 12.8. The topological polar surface area (TPSA) is 66.5 Å². The highest BCUT2D eigenvalue weighted by molar-refractivity contribution is 7.94. The average molecular weight is 443 g/mol. The van der Waals surface area contributed by atoms with Crippen LogP contribution in [0.5, 0.6) is 0 Å². The molecule has 0 radical (unpaired) electrons. The van der Waals surface area contributed by atoms with Gasteiger partial charge in [0.05, 0.1) is 11.7 Å². The fourth-order valence-corrected chi connectivity index (χ4v) is 5.72. The van der Waals surface area contributed by atoms with Crippen LogP contribution in [0.25, 0.3) is 0 Å². The molecule has 0 aliphatic rings. The molecule has 1 heterocycles. The van der Waals surface area contributed by atoms with E-state index in [4.69, 9.17) is 0 Å². The first kappa shape index (κ1) is 22.1. The van der Waals surface area contributed by atoms with Crippen LogP contribution in [0.1, 0.15) is 46.4 Å². The molecule has 3 aromatic rings. The molecule has 0 fully saturated rings. The minimum atomic E-state index is -3.60. The number of benzene rings is 2. The molecule has 0 aliphatic heterocycles. The van der Waals surface area contributed by atoms with Crippen LogP contribution in [-0.4, -0.2) is 21.4 Å². The van der Waals surface area contributed by atoms with E-state index in [0.717, 1.165) is 17.5 Å². The van der Waals surface area contributed by atoms with Crippen LogP contribution >= 0.6 is 11.3 Å². The molecule has 30 heavy (non-hydrogen) atoms. The van der Waals surface area contributed by atoms with Crippen molar-refractivity contribution in [2.75, 3.05) is 11.4 Å². The van der Waals surface area contributed by atoms with Gasteiger partial charge in [0.25, 0.3) is 15.9 Å². The zero-order chi connectivity index (χ0) is 21.9. The van der Waals surface area contributed by atoms with Gasteiger partial charge in [0, 0.05) is 12.6 Å². The minimum Gasteiger partial charge on any atom is -0.345 e. The Balaban J connectivity index is 1.76. The van der Waals surface area contributed by atoms with Gasteiger partial charge in [0.2, 0.25) is 0 Å². The molecule has 5 nitrogen and oxygen atoms in total. The number of aryl methyl sites for hydroxylation is 2. The lowest BCUT2D eigenvalue weighted by molar-refractivity contribution is 0.0935. The number of sulfonamides is 1. The molecule has 0 aliphatic carbocycles. The lowest BCUT2D eigenvalue weighted by atomic mass is 9.97. The fraction of sp³-hybridized carbons (Fsp3) is 0.261. The monoisotopic (exact) mass is 442 g/mol. The Kier molecular flexibility index (Phi) is 6.63. The van der Waals surface area contributed by atoms with E-state index < -0.39 is 10.0 Å². The second kappa shape index (κ2) is 9.02. The first-order chi connectivity index (χ1) is 14.2. The molecule has 0 spiro atoms. The zero-order valence-electron chi connectivity index (χ0n) is 17.5. The van der Waals surface area contributed by atoms with Crippen LogP contribution in [0, 0.1) is 13.8 Å². The summed E-state index contributed by atoms with van der Waals surface area (Å²) < 4.78 is 26.8. The molecule has 1 aromatic heterocycles. The summed E-state index contributed by atoms with van der Waals surface area (Å²) in [6.45, 7) is 6.14. The molecule has 158 valence electrons. The van der Waals surface area contributed by atoms with Gasteiger partial charge in [0.15, 0.2) is 0 Å². The molecule has 0 saturated carbocycles. The predicted octanol–water partition coefficient (Wildman–Crippen LogP) is 5.07. The highest BCUT2D eigenvalue weighted by atomic mass is 32.2. The lowest BCUT2D eigenvalue weighted by Gasteiger charge is -2.21. The van der Waals surface area contributed by atoms with Gasteiger partial charge in [-0.2, -0.15) is 0 Å². The van der Waals surface area contributed by atoms with Gasteiger partial charge in [-0.15, -0.1) is 11.3 Å². The molecule has 2 aromatic carbocycles. The van der Waals surface area contributed by atoms with E-state index >= 15 is 0 Å². The van der Waals surface area contributed by atoms with E-state index in [1.54, 1.807) is 41.8 Å². The van der Waals surface area contributed by atoms with E-state index in [0.29, 0.717) is 11.3 Å². The number of hydrogen-bond acceptors (Lipinski definition) is 4. The van der Waals surface area contributed by atoms with Crippen molar-refractivity contribution in [2.24, 2.45) is 0 Å². The van der Waals surface area contributed by atoms with Crippen LogP contribution in [0.2, 0.25) is 0 Å². The normalized spacial score (nSPS) is 12.4. The van der Waals surface area contributed by atoms with Crippen LogP contribution in [0.3, 0.4) is 0 Å². The Morgan fingerprint density at radius 1 is 1.10 bits per heavy atom. The Labute approximate surface area is 182 Å². The number of amides is 1. The number of thiophene rings is 1. The molecule has 0 bridgehead atoms. The van der Waals surface area contributed by atoms with Crippen LogP contribution in [0.15, 0.2) is 64.2 Å². The molecule has 7 heteroatoms. The van der Waals surface area contributed by atoms with E-state index in [-0.39, 0.29) is 16.2 Å². The third-order valence-electron chi connectivity index (χ3n) is 5.12. The number of carbonyl (C=O) groups is 1. The molecule has 1 unspecified atom stereocenters. The van der Waals surface area contributed by atoms with Crippen molar-refractivity contribution in [3.63, 3.8) is 0 Å². The highest BCUT2D eigenvalue weighted by Gasteiger charge is 2.22. The van der Waals surface area contributed by atoms with Crippen molar-refractivity contribution in [1.82, 2.24) is 5.32 Å². The highest BCUT2D eigenvalue weighted by Crippen LogP contribution is 2.26. The predicted molar refractivity (Wildman–Crippen MR) is 123 cm³/mol.